The Bertz CT molecular complexity index is 390. The highest BCUT2D eigenvalue weighted by Crippen LogP contribution is 2.18. The van der Waals surface area contributed by atoms with Crippen molar-refractivity contribution in [3.05, 3.63) is 34.3 Å². The molecule has 0 spiro atoms. The standard InChI is InChI=1S/C12H15BrN2O/c1-8(9-3-2-4-11(13)5-9)15-12(16)10-6-14-7-10/h2-5,8,10,14H,6-7H2,1H3,(H,15,16)/t8-/m1/s1. The van der Waals surface area contributed by atoms with E-state index in [0.29, 0.717) is 0 Å². The largest absolute Gasteiger partial charge is 0.349 e. The van der Waals surface area contributed by atoms with Crippen LogP contribution in [0.25, 0.3) is 0 Å². The monoisotopic (exact) mass is 282 g/mol. The number of amides is 1. The molecule has 2 rings (SSSR count). The van der Waals surface area contributed by atoms with Gasteiger partial charge in [-0.2, -0.15) is 0 Å². The predicted molar refractivity (Wildman–Crippen MR) is 67.1 cm³/mol. The first-order valence-electron chi connectivity index (χ1n) is 5.43. The smallest absolute Gasteiger partial charge is 0.226 e. The minimum atomic E-state index is 0.0607. The van der Waals surface area contributed by atoms with Gasteiger partial charge in [-0.25, -0.2) is 0 Å². The van der Waals surface area contributed by atoms with Crippen LogP contribution in [0.2, 0.25) is 0 Å². The number of rotatable bonds is 3. The Morgan fingerprint density at radius 2 is 2.31 bits per heavy atom. The van der Waals surface area contributed by atoms with E-state index in [-0.39, 0.29) is 17.9 Å². The fourth-order valence-corrected chi connectivity index (χ4v) is 2.08. The van der Waals surface area contributed by atoms with Gasteiger partial charge >= 0.3 is 0 Å². The van der Waals surface area contributed by atoms with Crippen molar-refractivity contribution in [3.8, 4) is 0 Å². The van der Waals surface area contributed by atoms with Crippen LogP contribution in [0, 0.1) is 5.92 Å². The quantitative estimate of drug-likeness (QED) is 0.889. The molecule has 0 aliphatic carbocycles. The molecular formula is C12H15BrN2O. The van der Waals surface area contributed by atoms with Crippen LogP contribution in [-0.4, -0.2) is 19.0 Å². The summed E-state index contributed by atoms with van der Waals surface area (Å²) in [6.45, 7) is 3.61. The fourth-order valence-electron chi connectivity index (χ4n) is 1.66. The van der Waals surface area contributed by atoms with Gasteiger partial charge in [-0.15, -0.1) is 0 Å². The van der Waals surface area contributed by atoms with Crippen LogP contribution in [0.1, 0.15) is 18.5 Å². The summed E-state index contributed by atoms with van der Waals surface area (Å²) in [6.07, 6.45) is 0. The second kappa shape index (κ2) is 4.97. The van der Waals surface area contributed by atoms with Gasteiger partial charge in [-0.1, -0.05) is 28.1 Å². The maximum Gasteiger partial charge on any atom is 0.226 e. The Kier molecular flexibility index (Phi) is 3.61. The van der Waals surface area contributed by atoms with E-state index >= 15 is 0 Å². The van der Waals surface area contributed by atoms with E-state index < -0.39 is 0 Å². The first-order valence-corrected chi connectivity index (χ1v) is 6.22. The third kappa shape index (κ3) is 2.62. The van der Waals surface area contributed by atoms with Crippen LogP contribution in [0.3, 0.4) is 0 Å². The molecule has 1 atom stereocenters. The van der Waals surface area contributed by atoms with Crippen molar-refractivity contribution in [1.82, 2.24) is 10.6 Å². The minimum Gasteiger partial charge on any atom is -0.349 e. The molecule has 1 fully saturated rings. The van der Waals surface area contributed by atoms with Crippen molar-refractivity contribution in [2.45, 2.75) is 13.0 Å². The van der Waals surface area contributed by atoms with Crippen molar-refractivity contribution in [3.63, 3.8) is 0 Å². The van der Waals surface area contributed by atoms with E-state index in [0.717, 1.165) is 23.1 Å². The maximum atomic E-state index is 11.7. The van der Waals surface area contributed by atoms with Crippen molar-refractivity contribution < 1.29 is 4.79 Å². The molecule has 0 bridgehead atoms. The average molecular weight is 283 g/mol. The van der Waals surface area contributed by atoms with Crippen LogP contribution in [-0.2, 0) is 4.79 Å². The van der Waals surface area contributed by atoms with Gasteiger partial charge in [0, 0.05) is 17.6 Å². The molecule has 1 aromatic rings. The lowest BCUT2D eigenvalue weighted by atomic mass is 10.0. The Morgan fingerprint density at radius 1 is 1.56 bits per heavy atom. The van der Waals surface area contributed by atoms with Crippen LogP contribution in [0.4, 0.5) is 0 Å². The van der Waals surface area contributed by atoms with Gasteiger partial charge in [-0.05, 0) is 24.6 Å². The molecule has 1 heterocycles. The zero-order valence-electron chi connectivity index (χ0n) is 9.16. The molecule has 1 amide bonds. The normalized spacial score (nSPS) is 17.6. The summed E-state index contributed by atoms with van der Waals surface area (Å²) >= 11 is 3.43. The summed E-state index contributed by atoms with van der Waals surface area (Å²) in [4.78, 5) is 11.7. The van der Waals surface area contributed by atoms with Gasteiger partial charge in [0.2, 0.25) is 5.91 Å². The number of carbonyl (C=O) groups excluding carboxylic acids is 1. The number of carbonyl (C=O) groups is 1. The second-order valence-corrected chi connectivity index (χ2v) is 5.06. The third-order valence-corrected chi connectivity index (χ3v) is 3.35. The Hall–Kier alpha value is -0.870. The van der Waals surface area contributed by atoms with E-state index in [2.05, 4.69) is 26.6 Å². The lowest BCUT2D eigenvalue weighted by Gasteiger charge is -2.27. The molecule has 86 valence electrons. The zero-order valence-corrected chi connectivity index (χ0v) is 10.8. The van der Waals surface area contributed by atoms with Crippen LogP contribution in [0.15, 0.2) is 28.7 Å². The van der Waals surface area contributed by atoms with Gasteiger partial charge in [-0.3, -0.25) is 4.79 Å². The van der Waals surface area contributed by atoms with Crippen LogP contribution in [0.5, 0.6) is 0 Å². The second-order valence-electron chi connectivity index (χ2n) is 4.14. The molecule has 3 nitrogen and oxygen atoms in total. The van der Waals surface area contributed by atoms with Crippen molar-refractivity contribution in [1.29, 1.82) is 0 Å². The van der Waals surface area contributed by atoms with Gasteiger partial charge in [0.1, 0.15) is 0 Å². The molecule has 0 aromatic heterocycles. The Morgan fingerprint density at radius 3 is 2.88 bits per heavy atom. The predicted octanol–water partition coefficient (Wildman–Crippen LogP) is 1.85. The molecule has 4 heteroatoms. The highest BCUT2D eigenvalue weighted by Gasteiger charge is 2.25. The molecule has 16 heavy (non-hydrogen) atoms. The fraction of sp³-hybridized carbons (Fsp3) is 0.417. The Labute approximate surface area is 104 Å². The van der Waals surface area contributed by atoms with Crippen LogP contribution >= 0.6 is 15.9 Å². The van der Waals surface area contributed by atoms with E-state index in [1.165, 1.54) is 0 Å². The molecule has 0 saturated carbocycles. The molecule has 1 aliphatic heterocycles. The van der Waals surface area contributed by atoms with Crippen molar-refractivity contribution in [2.75, 3.05) is 13.1 Å². The molecule has 2 N–H and O–H groups in total. The summed E-state index contributed by atoms with van der Waals surface area (Å²) < 4.78 is 1.04. The highest BCUT2D eigenvalue weighted by atomic mass is 79.9. The van der Waals surface area contributed by atoms with Gasteiger partial charge in [0.05, 0.1) is 12.0 Å². The number of hydrogen-bond acceptors (Lipinski definition) is 2. The summed E-state index contributed by atoms with van der Waals surface area (Å²) in [5.41, 5.74) is 1.12. The number of benzene rings is 1. The summed E-state index contributed by atoms with van der Waals surface area (Å²) in [7, 11) is 0. The minimum absolute atomic E-state index is 0.0607. The zero-order chi connectivity index (χ0) is 11.5. The van der Waals surface area contributed by atoms with E-state index in [9.17, 15) is 4.79 Å². The van der Waals surface area contributed by atoms with Gasteiger partial charge in [0.25, 0.3) is 0 Å². The SMILES string of the molecule is C[C@@H](NC(=O)C1CNC1)c1cccc(Br)c1. The lowest BCUT2D eigenvalue weighted by molar-refractivity contribution is -0.127. The number of halogens is 1. The number of nitrogens with one attached hydrogen (secondary N) is 2. The van der Waals surface area contributed by atoms with E-state index in [4.69, 9.17) is 0 Å². The average Bonchev–Trinajstić information content (AvgIpc) is 2.14. The summed E-state index contributed by atoms with van der Waals surface area (Å²) in [5, 5.41) is 6.12. The van der Waals surface area contributed by atoms with Crippen molar-refractivity contribution in [2.24, 2.45) is 5.92 Å². The summed E-state index contributed by atoms with van der Waals surface area (Å²) in [6, 6.07) is 8.07. The maximum absolute atomic E-state index is 11.7. The molecule has 1 saturated heterocycles. The third-order valence-electron chi connectivity index (χ3n) is 2.86. The van der Waals surface area contributed by atoms with E-state index in [1.54, 1.807) is 0 Å². The first kappa shape index (κ1) is 11.6. The molecule has 0 unspecified atom stereocenters. The Balaban J connectivity index is 1.96. The lowest BCUT2D eigenvalue weighted by Crippen LogP contribution is -2.51. The topological polar surface area (TPSA) is 41.1 Å². The summed E-state index contributed by atoms with van der Waals surface area (Å²) in [5.74, 6) is 0.292. The highest BCUT2D eigenvalue weighted by molar-refractivity contribution is 9.10. The molecule has 1 aromatic carbocycles. The van der Waals surface area contributed by atoms with Gasteiger partial charge < -0.3 is 10.6 Å². The number of hydrogen-bond donors (Lipinski definition) is 2. The van der Waals surface area contributed by atoms with Gasteiger partial charge in [0.15, 0.2) is 0 Å². The molecule has 0 radical (unpaired) electrons. The molecule has 1 aliphatic rings. The first-order chi connectivity index (χ1) is 7.66. The molecular weight excluding hydrogens is 268 g/mol. The van der Waals surface area contributed by atoms with E-state index in [1.807, 2.05) is 31.2 Å². The van der Waals surface area contributed by atoms with Crippen LogP contribution < -0.4 is 10.6 Å². The van der Waals surface area contributed by atoms with Crippen molar-refractivity contribution >= 4 is 21.8 Å².